The Kier molecular flexibility index (Phi) is 6.88. The van der Waals surface area contributed by atoms with E-state index in [1.807, 2.05) is 54.6 Å². The monoisotopic (exact) mass is 381 g/mol. The van der Waals surface area contributed by atoms with Gasteiger partial charge in [0.1, 0.15) is 11.6 Å². The molecule has 3 rings (SSSR count). The number of halogens is 1. The SMILES string of the molecule is O=C(CCCSc1ccc(F)cc1)Nc1ccccc1Oc1ccccc1. The van der Waals surface area contributed by atoms with E-state index in [-0.39, 0.29) is 11.7 Å². The highest BCUT2D eigenvalue weighted by atomic mass is 32.2. The molecule has 0 bridgehead atoms. The van der Waals surface area contributed by atoms with Crippen LogP contribution in [0.15, 0.2) is 83.8 Å². The van der Waals surface area contributed by atoms with Crippen LogP contribution in [0.1, 0.15) is 12.8 Å². The third-order valence-corrected chi connectivity index (χ3v) is 4.86. The third kappa shape index (κ3) is 6.15. The molecule has 0 aliphatic rings. The van der Waals surface area contributed by atoms with E-state index in [9.17, 15) is 9.18 Å². The smallest absolute Gasteiger partial charge is 0.224 e. The van der Waals surface area contributed by atoms with Crippen molar-refractivity contribution >= 4 is 23.4 Å². The Balaban J connectivity index is 1.48. The lowest BCUT2D eigenvalue weighted by Crippen LogP contribution is -2.12. The average Bonchev–Trinajstić information content (AvgIpc) is 2.69. The number of carbonyl (C=O) groups excluding carboxylic acids is 1. The van der Waals surface area contributed by atoms with E-state index in [2.05, 4.69) is 5.32 Å². The van der Waals surface area contributed by atoms with Gasteiger partial charge in [0.05, 0.1) is 5.69 Å². The molecule has 3 aromatic carbocycles. The van der Waals surface area contributed by atoms with Gasteiger partial charge < -0.3 is 10.1 Å². The maximum Gasteiger partial charge on any atom is 0.224 e. The summed E-state index contributed by atoms with van der Waals surface area (Å²) in [5.74, 6) is 1.82. The predicted octanol–water partition coefficient (Wildman–Crippen LogP) is 6.13. The molecule has 5 heteroatoms. The fourth-order valence-electron chi connectivity index (χ4n) is 2.44. The van der Waals surface area contributed by atoms with Gasteiger partial charge in [-0.3, -0.25) is 4.79 Å². The van der Waals surface area contributed by atoms with Crippen LogP contribution in [-0.2, 0) is 4.79 Å². The van der Waals surface area contributed by atoms with Gasteiger partial charge in [0.25, 0.3) is 0 Å². The van der Waals surface area contributed by atoms with Gasteiger partial charge in [-0.2, -0.15) is 0 Å². The van der Waals surface area contributed by atoms with E-state index in [0.717, 1.165) is 22.8 Å². The van der Waals surface area contributed by atoms with Crippen LogP contribution in [0, 0.1) is 5.82 Å². The van der Waals surface area contributed by atoms with E-state index in [1.165, 1.54) is 12.1 Å². The molecule has 0 fully saturated rings. The van der Waals surface area contributed by atoms with Crippen LogP contribution < -0.4 is 10.1 Å². The number of nitrogens with one attached hydrogen (secondary N) is 1. The first-order valence-corrected chi connectivity index (χ1v) is 9.69. The summed E-state index contributed by atoms with van der Waals surface area (Å²) < 4.78 is 18.7. The summed E-state index contributed by atoms with van der Waals surface area (Å²) in [7, 11) is 0. The van der Waals surface area contributed by atoms with Crippen molar-refractivity contribution in [1.82, 2.24) is 0 Å². The Morgan fingerprint density at radius 3 is 2.41 bits per heavy atom. The number of amides is 1. The minimum absolute atomic E-state index is 0.0567. The normalized spacial score (nSPS) is 10.4. The highest BCUT2D eigenvalue weighted by Crippen LogP contribution is 2.29. The standard InChI is InChI=1S/C22H20FNO2S/c23-17-12-14-19(15-13-17)27-16-6-11-22(25)24-20-9-4-5-10-21(20)26-18-7-2-1-3-8-18/h1-5,7-10,12-15H,6,11,16H2,(H,24,25). The summed E-state index contributed by atoms with van der Waals surface area (Å²) in [4.78, 5) is 13.2. The first-order valence-electron chi connectivity index (χ1n) is 8.71. The van der Waals surface area contributed by atoms with Crippen LogP contribution in [0.4, 0.5) is 10.1 Å². The third-order valence-electron chi connectivity index (χ3n) is 3.76. The van der Waals surface area contributed by atoms with Crippen molar-refractivity contribution in [2.45, 2.75) is 17.7 Å². The number of benzene rings is 3. The van der Waals surface area contributed by atoms with Crippen LogP contribution in [0.25, 0.3) is 0 Å². The van der Waals surface area contributed by atoms with Crippen molar-refractivity contribution < 1.29 is 13.9 Å². The molecule has 0 heterocycles. The summed E-state index contributed by atoms with van der Waals surface area (Å²) in [5.41, 5.74) is 0.651. The second kappa shape index (κ2) is 9.78. The van der Waals surface area contributed by atoms with E-state index in [4.69, 9.17) is 4.74 Å². The van der Waals surface area contributed by atoms with E-state index in [1.54, 1.807) is 23.9 Å². The Morgan fingerprint density at radius 2 is 1.63 bits per heavy atom. The van der Waals surface area contributed by atoms with Crippen LogP contribution >= 0.6 is 11.8 Å². The number of thioether (sulfide) groups is 1. The van der Waals surface area contributed by atoms with Crippen molar-refractivity contribution in [3.05, 3.63) is 84.7 Å². The lowest BCUT2D eigenvalue weighted by Gasteiger charge is -2.12. The average molecular weight is 381 g/mol. The number of para-hydroxylation sites is 3. The molecule has 0 saturated carbocycles. The molecule has 3 nitrogen and oxygen atoms in total. The van der Waals surface area contributed by atoms with Gasteiger partial charge in [0, 0.05) is 11.3 Å². The fourth-order valence-corrected chi connectivity index (χ4v) is 3.29. The molecule has 27 heavy (non-hydrogen) atoms. The maximum atomic E-state index is 12.9. The summed E-state index contributed by atoms with van der Waals surface area (Å²) in [6.07, 6.45) is 1.14. The molecule has 1 amide bonds. The van der Waals surface area contributed by atoms with Crippen molar-refractivity contribution in [3.8, 4) is 11.5 Å². The second-order valence-corrected chi connectivity index (χ2v) is 7.03. The minimum Gasteiger partial charge on any atom is -0.455 e. The van der Waals surface area contributed by atoms with Crippen molar-refractivity contribution in [3.63, 3.8) is 0 Å². The van der Waals surface area contributed by atoms with E-state index < -0.39 is 0 Å². The van der Waals surface area contributed by atoms with Crippen LogP contribution in [0.5, 0.6) is 11.5 Å². The van der Waals surface area contributed by atoms with Crippen molar-refractivity contribution in [2.24, 2.45) is 0 Å². The second-order valence-electron chi connectivity index (χ2n) is 5.87. The van der Waals surface area contributed by atoms with E-state index >= 15 is 0 Å². The van der Waals surface area contributed by atoms with Crippen LogP contribution in [0.3, 0.4) is 0 Å². The van der Waals surface area contributed by atoms with Gasteiger partial charge in [-0.25, -0.2) is 4.39 Å². The molecule has 138 valence electrons. The fraction of sp³-hybridized carbons (Fsp3) is 0.136. The van der Waals surface area contributed by atoms with Crippen LogP contribution in [0.2, 0.25) is 0 Å². The first kappa shape index (κ1) is 19.0. The lowest BCUT2D eigenvalue weighted by molar-refractivity contribution is -0.116. The molecule has 0 radical (unpaired) electrons. The molecule has 3 aromatic rings. The minimum atomic E-state index is -0.241. The van der Waals surface area contributed by atoms with Gasteiger partial charge in [-0.15, -0.1) is 11.8 Å². The number of hydrogen-bond donors (Lipinski definition) is 1. The lowest BCUT2D eigenvalue weighted by atomic mass is 10.2. The quantitative estimate of drug-likeness (QED) is 0.377. The van der Waals surface area contributed by atoms with Crippen LogP contribution in [-0.4, -0.2) is 11.7 Å². The number of anilines is 1. The number of carbonyl (C=O) groups is 1. The molecule has 0 aromatic heterocycles. The van der Waals surface area contributed by atoms with Crippen molar-refractivity contribution in [1.29, 1.82) is 0 Å². The van der Waals surface area contributed by atoms with Gasteiger partial charge in [-0.05, 0) is 60.7 Å². The predicted molar refractivity (Wildman–Crippen MR) is 108 cm³/mol. The van der Waals surface area contributed by atoms with Gasteiger partial charge >= 0.3 is 0 Å². The largest absolute Gasteiger partial charge is 0.455 e. The molecule has 0 saturated heterocycles. The molecule has 0 aliphatic carbocycles. The van der Waals surface area contributed by atoms with E-state index in [0.29, 0.717) is 17.9 Å². The number of hydrogen-bond acceptors (Lipinski definition) is 3. The summed E-state index contributed by atoms with van der Waals surface area (Å²) in [5, 5.41) is 2.91. The zero-order valence-electron chi connectivity index (χ0n) is 14.7. The van der Waals surface area contributed by atoms with Gasteiger partial charge in [0.2, 0.25) is 5.91 Å². The number of ether oxygens (including phenoxy) is 1. The zero-order chi connectivity index (χ0) is 18.9. The first-order chi connectivity index (χ1) is 13.2. The molecule has 0 aliphatic heterocycles. The summed E-state index contributed by atoms with van der Waals surface area (Å²) >= 11 is 1.61. The van der Waals surface area contributed by atoms with Gasteiger partial charge in [-0.1, -0.05) is 30.3 Å². The highest BCUT2D eigenvalue weighted by Gasteiger charge is 2.08. The Hall–Kier alpha value is -2.79. The molecule has 1 N–H and O–H groups in total. The molecule has 0 unspecified atom stereocenters. The van der Waals surface area contributed by atoms with Gasteiger partial charge in [0.15, 0.2) is 5.75 Å². The topological polar surface area (TPSA) is 38.3 Å². The molecule has 0 atom stereocenters. The zero-order valence-corrected chi connectivity index (χ0v) is 15.5. The summed E-state index contributed by atoms with van der Waals surface area (Å²) in [6, 6.07) is 23.2. The Morgan fingerprint density at radius 1 is 0.926 bits per heavy atom. The Labute approximate surface area is 162 Å². The molecular formula is C22H20FNO2S. The Bertz CT molecular complexity index is 869. The van der Waals surface area contributed by atoms with Crippen molar-refractivity contribution in [2.75, 3.05) is 11.1 Å². The molecule has 0 spiro atoms. The highest BCUT2D eigenvalue weighted by molar-refractivity contribution is 7.99. The maximum absolute atomic E-state index is 12.9. The number of rotatable bonds is 8. The molecular weight excluding hydrogens is 361 g/mol. The summed E-state index contributed by atoms with van der Waals surface area (Å²) in [6.45, 7) is 0.